The Morgan fingerprint density at radius 2 is 2.08 bits per heavy atom. The minimum atomic E-state index is -0.468. The molecule has 0 bridgehead atoms. The van der Waals surface area contributed by atoms with Gasteiger partial charge in [0.05, 0.1) is 18.4 Å². The Balaban J connectivity index is 1.34. The summed E-state index contributed by atoms with van der Waals surface area (Å²) in [4.78, 5) is 15.8. The van der Waals surface area contributed by atoms with E-state index >= 15 is 0 Å². The van der Waals surface area contributed by atoms with E-state index in [9.17, 15) is 5.11 Å². The molecule has 1 aromatic carbocycles. The van der Waals surface area contributed by atoms with Crippen LogP contribution in [-0.4, -0.2) is 67.6 Å². The van der Waals surface area contributed by atoms with Crippen LogP contribution in [0.15, 0.2) is 61.2 Å². The van der Waals surface area contributed by atoms with Gasteiger partial charge in [-0.15, -0.1) is 0 Å². The molecule has 0 fully saturated rings. The molecule has 1 unspecified atom stereocenters. The lowest BCUT2D eigenvalue weighted by Gasteiger charge is -2.30. The van der Waals surface area contributed by atoms with Gasteiger partial charge in [0.25, 0.3) is 0 Å². The number of nitrogens with zero attached hydrogens (tertiary/aromatic N) is 6. The third-order valence-corrected chi connectivity index (χ3v) is 6.33. The van der Waals surface area contributed by atoms with E-state index < -0.39 is 6.10 Å². The van der Waals surface area contributed by atoms with Crippen molar-refractivity contribution in [3.63, 3.8) is 0 Å². The van der Waals surface area contributed by atoms with Gasteiger partial charge in [-0.1, -0.05) is 6.07 Å². The number of fused-ring (bicyclic) bond motifs is 1. The van der Waals surface area contributed by atoms with Crippen molar-refractivity contribution in [3.05, 3.63) is 72.3 Å². The topological polar surface area (TPSA) is 101 Å². The molecule has 2 N–H and O–H groups in total. The van der Waals surface area contributed by atoms with Crippen LogP contribution in [0.4, 0.5) is 11.6 Å². The molecule has 186 valence electrons. The van der Waals surface area contributed by atoms with Gasteiger partial charge in [0.1, 0.15) is 5.69 Å². The smallest absolute Gasteiger partial charge is 0.227 e. The van der Waals surface area contributed by atoms with Crippen LogP contribution in [0.5, 0.6) is 0 Å². The van der Waals surface area contributed by atoms with Gasteiger partial charge in [-0.2, -0.15) is 5.10 Å². The maximum absolute atomic E-state index is 10.1. The van der Waals surface area contributed by atoms with Crippen molar-refractivity contribution in [2.24, 2.45) is 0 Å². The molecule has 0 aliphatic carbocycles. The van der Waals surface area contributed by atoms with Crippen molar-refractivity contribution in [2.45, 2.75) is 32.5 Å². The lowest BCUT2D eigenvalue weighted by molar-refractivity contribution is 0.0346. The van der Waals surface area contributed by atoms with Crippen LogP contribution in [0.2, 0.25) is 0 Å². The van der Waals surface area contributed by atoms with Crippen LogP contribution >= 0.6 is 0 Å². The second-order valence-electron chi connectivity index (χ2n) is 8.96. The first-order chi connectivity index (χ1) is 17.6. The Bertz CT molecular complexity index is 1310. The summed E-state index contributed by atoms with van der Waals surface area (Å²) in [5.41, 5.74) is 7.08. The van der Waals surface area contributed by atoms with Crippen molar-refractivity contribution in [1.29, 1.82) is 0 Å². The highest BCUT2D eigenvalue weighted by molar-refractivity contribution is 5.78. The number of ether oxygens (including phenoxy) is 1. The van der Waals surface area contributed by atoms with E-state index in [-0.39, 0.29) is 0 Å². The average molecular weight is 486 g/mol. The molecule has 0 spiro atoms. The molecule has 36 heavy (non-hydrogen) atoms. The summed E-state index contributed by atoms with van der Waals surface area (Å²) in [6, 6.07) is 12.2. The molecule has 1 aliphatic heterocycles. The van der Waals surface area contributed by atoms with Gasteiger partial charge in [0.2, 0.25) is 5.95 Å². The standard InChI is InChI=1S/C27H31N7O2/c1-3-34-17-24(26(32-34)20-5-4-10-28-14-20)25-8-11-29-27(31-25)30-22-7-6-21-15-33(12-9-19(21)13-22)16-23(35)18-36-2/h4-8,10-11,13-14,17,23,35H,3,9,12,15-16,18H2,1-2H3,(H,29,30,31). The average Bonchev–Trinajstić information content (AvgIpc) is 3.34. The lowest BCUT2D eigenvalue weighted by atomic mass is 9.99. The summed E-state index contributed by atoms with van der Waals surface area (Å²) >= 11 is 0. The highest BCUT2D eigenvalue weighted by atomic mass is 16.5. The molecule has 0 radical (unpaired) electrons. The van der Waals surface area contributed by atoms with Crippen molar-refractivity contribution in [3.8, 4) is 22.5 Å². The van der Waals surface area contributed by atoms with E-state index in [0.717, 1.165) is 54.3 Å². The largest absolute Gasteiger partial charge is 0.389 e. The van der Waals surface area contributed by atoms with E-state index in [1.54, 1.807) is 19.5 Å². The monoisotopic (exact) mass is 485 g/mol. The predicted molar refractivity (Wildman–Crippen MR) is 139 cm³/mol. The number of pyridine rings is 1. The third-order valence-electron chi connectivity index (χ3n) is 6.33. The van der Waals surface area contributed by atoms with E-state index in [0.29, 0.717) is 19.1 Å². The molecule has 0 saturated heterocycles. The first-order valence-electron chi connectivity index (χ1n) is 12.2. The number of aromatic nitrogens is 5. The number of benzene rings is 1. The van der Waals surface area contributed by atoms with Crippen molar-refractivity contribution >= 4 is 11.6 Å². The number of anilines is 2. The normalized spacial score (nSPS) is 14.4. The summed E-state index contributed by atoms with van der Waals surface area (Å²) in [6.07, 6.45) is 7.82. The summed E-state index contributed by atoms with van der Waals surface area (Å²) in [5.74, 6) is 0.536. The Kier molecular flexibility index (Phi) is 7.31. The number of aliphatic hydroxyl groups excluding tert-OH is 1. The fourth-order valence-corrected chi connectivity index (χ4v) is 4.57. The molecule has 0 amide bonds. The van der Waals surface area contributed by atoms with E-state index in [4.69, 9.17) is 14.8 Å². The van der Waals surface area contributed by atoms with Crippen LogP contribution in [0, 0.1) is 0 Å². The van der Waals surface area contributed by atoms with Gasteiger partial charge < -0.3 is 15.2 Å². The Morgan fingerprint density at radius 3 is 2.89 bits per heavy atom. The molecule has 1 atom stereocenters. The molecule has 0 saturated carbocycles. The number of rotatable bonds is 9. The molecule has 9 heteroatoms. The Morgan fingerprint density at radius 1 is 1.17 bits per heavy atom. The quantitative estimate of drug-likeness (QED) is 0.371. The number of nitrogens with one attached hydrogen (secondary N) is 1. The number of methoxy groups -OCH3 is 1. The number of hydrogen-bond donors (Lipinski definition) is 2. The van der Waals surface area contributed by atoms with Crippen LogP contribution in [-0.2, 0) is 24.2 Å². The fourth-order valence-electron chi connectivity index (χ4n) is 4.57. The number of hydrogen-bond acceptors (Lipinski definition) is 8. The maximum atomic E-state index is 10.1. The third kappa shape index (κ3) is 5.43. The van der Waals surface area contributed by atoms with Crippen LogP contribution in [0.1, 0.15) is 18.1 Å². The van der Waals surface area contributed by atoms with E-state index in [1.165, 1.54) is 11.1 Å². The van der Waals surface area contributed by atoms with Crippen LogP contribution in [0.3, 0.4) is 0 Å². The second-order valence-corrected chi connectivity index (χ2v) is 8.96. The summed E-state index contributed by atoms with van der Waals surface area (Å²) < 4.78 is 6.97. The molecular weight excluding hydrogens is 454 g/mol. The zero-order chi connectivity index (χ0) is 24.9. The maximum Gasteiger partial charge on any atom is 0.227 e. The first kappa shape index (κ1) is 24.1. The van der Waals surface area contributed by atoms with Crippen molar-refractivity contribution in [1.82, 2.24) is 29.6 Å². The number of aliphatic hydroxyl groups is 1. The highest BCUT2D eigenvalue weighted by Crippen LogP contribution is 2.30. The van der Waals surface area contributed by atoms with Crippen LogP contribution in [0.25, 0.3) is 22.5 Å². The minimum absolute atomic E-state index is 0.355. The van der Waals surface area contributed by atoms with Gasteiger partial charge in [0, 0.05) is 74.9 Å². The number of β-amino-alcohol motifs (C(OH)–C–C–N with tert-alkyl or cyclic N) is 1. The highest BCUT2D eigenvalue weighted by Gasteiger charge is 2.19. The minimum Gasteiger partial charge on any atom is -0.389 e. The number of aryl methyl sites for hydroxylation is 1. The Hall–Kier alpha value is -3.66. The van der Waals surface area contributed by atoms with E-state index in [2.05, 4.69) is 45.3 Å². The lowest BCUT2D eigenvalue weighted by Crippen LogP contribution is -2.38. The van der Waals surface area contributed by atoms with Gasteiger partial charge in [-0.05, 0) is 54.8 Å². The van der Waals surface area contributed by atoms with Gasteiger partial charge in [-0.3, -0.25) is 14.6 Å². The first-order valence-corrected chi connectivity index (χ1v) is 12.2. The van der Waals surface area contributed by atoms with Gasteiger partial charge >= 0.3 is 0 Å². The van der Waals surface area contributed by atoms with Crippen molar-refractivity contribution < 1.29 is 9.84 Å². The molecule has 3 aromatic heterocycles. The van der Waals surface area contributed by atoms with E-state index in [1.807, 2.05) is 35.3 Å². The molecule has 1 aliphatic rings. The fraction of sp³-hybridized carbons (Fsp3) is 0.333. The SMILES string of the molecule is CCn1cc(-c2ccnc(Nc3ccc4c(c3)CCN(CC(O)COC)C4)n2)c(-c2cccnc2)n1. The molecule has 9 nitrogen and oxygen atoms in total. The summed E-state index contributed by atoms with van der Waals surface area (Å²) in [5, 5.41) is 18.2. The zero-order valence-electron chi connectivity index (χ0n) is 20.6. The zero-order valence-corrected chi connectivity index (χ0v) is 20.6. The van der Waals surface area contributed by atoms with Crippen LogP contribution < -0.4 is 5.32 Å². The van der Waals surface area contributed by atoms with Gasteiger partial charge in [-0.25, -0.2) is 9.97 Å². The molecule has 4 aromatic rings. The Labute approximate surface area is 210 Å². The molecule has 5 rings (SSSR count). The molecular formula is C27H31N7O2. The summed E-state index contributed by atoms with van der Waals surface area (Å²) in [7, 11) is 1.61. The van der Waals surface area contributed by atoms with Gasteiger partial charge in [0.15, 0.2) is 0 Å². The predicted octanol–water partition coefficient (Wildman–Crippen LogP) is 3.53. The summed E-state index contributed by atoms with van der Waals surface area (Å²) in [6.45, 7) is 5.52. The van der Waals surface area contributed by atoms with Crippen molar-refractivity contribution in [2.75, 3.05) is 32.1 Å². The molecule has 4 heterocycles. The second kappa shape index (κ2) is 10.9.